The predicted molar refractivity (Wildman–Crippen MR) is 56.2 cm³/mol. The third-order valence-electron chi connectivity index (χ3n) is 2.17. The summed E-state index contributed by atoms with van der Waals surface area (Å²) < 4.78 is 5.37. The molecule has 0 fully saturated rings. The van der Waals surface area contributed by atoms with Crippen molar-refractivity contribution in [1.29, 1.82) is 0 Å². The summed E-state index contributed by atoms with van der Waals surface area (Å²) in [6.07, 6.45) is 0.976. The Morgan fingerprint density at radius 3 is 2.50 bits per heavy atom. The van der Waals surface area contributed by atoms with Crippen LogP contribution in [0.4, 0.5) is 0 Å². The Balaban J connectivity index is 2.90. The molecule has 14 heavy (non-hydrogen) atoms. The Morgan fingerprint density at radius 1 is 1.21 bits per heavy atom. The largest absolute Gasteiger partial charge is 0.496 e. The summed E-state index contributed by atoms with van der Waals surface area (Å²) in [5, 5.41) is 0. The molecule has 1 aromatic rings. The minimum absolute atomic E-state index is 0.660. The molecule has 0 bridgehead atoms. The molecule has 0 saturated carbocycles. The first-order chi connectivity index (χ1) is 6.83. The van der Waals surface area contributed by atoms with Gasteiger partial charge in [-0.2, -0.15) is 5.48 Å². The van der Waals surface area contributed by atoms with Gasteiger partial charge in [0.15, 0.2) is 0 Å². The quantitative estimate of drug-likeness (QED) is 0.728. The van der Waals surface area contributed by atoms with Crippen LogP contribution in [0, 0.1) is 0 Å². The van der Waals surface area contributed by atoms with Crippen molar-refractivity contribution in [2.45, 2.75) is 19.9 Å². The standard InChI is InChI=1S/C11H17NO2/c1-4-9-6-5-7-10(8-12-14-3)11(9)13-2/h5-7,12H,4,8H2,1-3H3. The first-order valence-electron chi connectivity index (χ1n) is 4.74. The molecular formula is C11H17NO2. The smallest absolute Gasteiger partial charge is 0.126 e. The monoisotopic (exact) mass is 195 g/mol. The van der Waals surface area contributed by atoms with Crippen LogP contribution in [0.25, 0.3) is 0 Å². The van der Waals surface area contributed by atoms with E-state index in [-0.39, 0.29) is 0 Å². The molecule has 1 aromatic carbocycles. The number of hydroxylamine groups is 1. The second kappa shape index (κ2) is 5.62. The molecule has 0 heterocycles. The van der Waals surface area contributed by atoms with Gasteiger partial charge in [-0.15, -0.1) is 0 Å². The molecule has 78 valence electrons. The highest BCUT2D eigenvalue weighted by molar-refractivity contribution is 5.41. The summed E-state index contributed by atoms with van der Waals surface area (Å²) in [6.45, 7) is 2.78. The van der Waals surface area contributed by atoms with Crippen molar-refractivity contribution >= 4 is 0 Å². The van der Waals surface area contributed by atoms with Crippen LogP contribution in [0.15, 0.2) is 18.2 Å². The van der Waals surface area contributed by atoms with Crippen molar-refractivity contribution in [3.63, 3.8) is 0 Å². The zero-order valence-electron chi connectivity index (χ0n) is 8.96. The SMILES string of the molecule is CCc1cccc(CNOC)c1OC. The summed E-state index contributed by atoms with van der Waals surface area (Å²) >= 11 is 0. The number of hydrogen-bond acceptors (Lipinski definition) is 3. The van der Waals surface area contributed by atoms with Gasteiger partial charge in [0.1, 0.15) is 5.75 Å². The summed E-state index contributed by atoms with van der Waals surface area (Å²) in [5.74, 6) is 0.958. The van der Waals surface area contributed by atoms with E-state index in [0.29, 0.717) is 6.54 Å². The zero-order valence-corrected chi connectivity index (χ0v) is 8.96. The second-order valence-electron chi connectivity index (χ2n) is 2.99. The van der Waals surface area contributed by atoms with Crippen molar-refractivity contribution in [1.82, 2.24) is 5.48 Å². The number of ether oxygens (including phenoxy) is 1. The summed E-state index contributed by atoms with van der Waals surface area (Å²) in [5.41, 5.74) is 5.15. The van der Waals surface area contributed by atoms with Gasteiger partial charge in [-0.05, 0) is 12.0 Å². The van der Waals surface area contributed by atoms with Crippen LogP contribution >= 0.6 is 0 Å². The van der Waals surface area contributed by atoms with E-state index in [1.807, 2.05) is 12.1 Å². The van der Waals surface area contributed by atoms with Crippen LogP contribution in [-0.2, 0) is 17.8 Å². The van der Waals surface area contributed by atoms with E-state index >= 15 is 0 Å². The molecule has 1 rings (SSSR count). The fraction of sp³-hybridized carbons (Fsp3) is 0.455. The fourth-order valence-corrected chi connectivity index (χ4v) is 1.47. The number of para-hydroxylation sites is 1. The lowest BCUT2D eigenvalue weighted by molar-refractivity contribution is 0.0861. The lowest BCUT2D eigenvalue weighted by atomic mass is 10.1. The van der Waals surface area contributed by atoms with Crippen molar-refractivity contribution in [3.8, 4) is 5.75 Å². The molecule has 1 N–H and O–H groups in total. The maximum Gasteiger partial charge on any atom is 0.126 e. The molecule has 0 aliphatic heterocycles. The van der Waals surface area contributed by atoms with E-state index in [1.54, 1.807) is 14.2 Å². The molecule has 0 saturated heterocycles. The highest BCUT2D eigenvalue weighted by Crippen LogP contribution is 2.23. The molecule has 0 amide bonds. The van der Waals surface area contributed by atoms with Crippen molar-refractivity contribution in [2.24, 2.45) is 0 Å². The lowest BCUT2D eigenvalue weighted by Gasteiger charge is -2.12. The Hall–Kier alpha value is -1.06. The van der Waals surface area contributed by atoms with Crippen LogP contribution in [0.3, 0.4) is 0 Å². The topological polar surface area (TPSA) is 30.5 Å². The molecule has 0 spiro atoms. The Kier molecular flexibility index (Phi) is 4.43. The number of benzene rings is 1. The molecule has 3 heteroatoms. The van der Waals surface area contributed by atoms with E-state index in [1.165, 1.54) is 5.56 Å². The zero-order chi connectivity index (χ0) is 10.4. The average molecular weight is 195 g/mol. The maximum absolute atomic E-state index is 5.37. The van der Waals surface area contributed by atoms with E-state index < -0.39 is 0 Å². The van der Waals surface area contributed by atoms with Gasteiger partial charge in [0.05, 0.1) is 14.2 Å². The minimum Gasteiger partial charge on any atom is -0.496 e. The van der Waals surface area contributed by atoms with Crippen LogP contribution in [0.1, 0.15) is 18.1 Å². The first kappa shape index (κ1) is 11.0. The molecule has 0 aliphatic rings. The molecule has 0 radical (unpaired) electrons. The van der Waals surface area contributed by atoms with Crippen molar-refractivity contribution < 1.29 is 9.57 Å². The van der Waals surface area contributed by atoms with Crippen LogP contribution in [-0.4, -0.2) is 14.2 Å². The van der Waals surface area contributed by atoms with Crippen LogP contribution in [0.2, 0.25) is 0 Å². The Labute approximate surface area is 85.0 Å². The molecule has 0 aromatic heterocycles. The molecule has 0 aliphatic carbocycles. The highest BCUT2D eigenvalue weighted by Gasteiger charge is 2.06. The van der Waals surface area contributed by atoms with Gasteiger partial charge in [0, 0.05) is 12.1 Å². The summed E-state index contributed by atoms with van der Waals surface area (Å²) in [4.78, 5) is 4.81. The first-order valence-corrected chi connectivity index (χ1v) is 4.74. The third-order valence-corrected chi connectivity index (χ3v) is 2.17. The van der Waals surface area contributed by atoms with E-state index in [4.69, 9.17) is 9.57 Å². The maximum atomic E-state index is 5.37. The fourth-order valence-electron chi connectivity index (χ4n) is 1.47. The number of rotatable bonds is 5. The molecular weight excluding hydrogens is 178 g/mol. The average Bonchev–Trinajstić information content (AvgIpc) is 2.25. The molecule has 3 nitrogen and oxygen atoms in total. The van der Waals surface area contributed by atoms with Gasteiger partial charge in [-0.25, -0.2) is 0 Å². The van der Waals surface area contributed by atoms with Gasteiger partial charge in [0.25, 0.3) is 0 Å². The van der Waals surface area contributed by atoms with Crippen molar-refractivity contribution in [2.75, 3.05) is 14.2 Å². The predicted octanol–water partition coefficient (Wildman–Crippen LogP) is 1.91. The second-order valence-corrected chi connectivity index (χ2v) is 2.99. The Morgan fingerprint density at radius 2 is 1.93 bits per heavy atom. The van der Waals surface area contributed by atoms with Gasteiger partial charge < -0.3 is 9.57 Å². The van der Waals surface area contributed by atoms with E-state index in [2.05, 4.69) is 18.5 Å². The van der Waals surface area contributed by atoms with Gasteiger partial charge >= 0.3 is 0 Å². The molecule has 0 atom stereocenters. The lowest BCUT2D eigenvalue weighted by Crippen LogP contribution is -2.12. The third kappa shape index (κ3) is 2.47. The minimum atomic E-state index is 0.660. The Bertz CT molecular complexity index is 287. The van der Waals surface area contributed by atoms with Gasteiger partial charge in [-0.1, -0.05) is 25.1 Å². The number of methoxy groups -OCH3 is 1. The number of aryl methyl sites for hydroxylation is 1. The number of hydrogen-bond donors (Lipinski definition) is 1. The normalized spacial score (nSPS) is 10.2. The van der Waals surface area contributed by atoms with Crippen molar-refractivity contribution in [3.05, 3.63) is 29.3 Å². The van der Waals surface area contributed by atoms with Gasteiger partial charge in [0.2, 0.25) is 0 Å². The van der Waals surface area contributed by atoms with Crippen LogP contribution < -0.4 is 10.2 Å². The molecule has 0 unspecified atom stereocenters. The summed E-state index contributed by atoms with van der Waals surface area (Å²) in [6, 6.07) is 6.15. The van der Waals surface area contributed by atoms with Gasteiger partial charge in [-0.3, -0.25) is 0 Å². The summed E-state index contributed by atoms with van der Waals surface area (Å²) in [7, 11) is 3.31. The van der Waals surface area contributed by atoms with Crippen LogP contribution in [0.5, 0.6) is 5.75 Å². The highest BCUT2D eigenvalue weighted by atomic mass is 16.6. The van der Waals surface area contributed by atoms with E-state index in [9.17, 15) is 0 Å². The van der Waals surface area contributed by atoms with E-state index in [0.717, 1.165) is 17.7 Å². The number of nitrogens with one attached hydrogen (secondary N) is 1.